The summed E-state index contributed by atoms with van der Waals surface area (Å²) in [7, 11) is -1.22. The Morgan fingerprint density at radius 1 is 1.56 bits per heavy atom. The Balaban J connectivity index is 3.39. The average molecular weight is 163 g/mol. The summed E-state index contributed by atoms with van der Waals surface area (Å²) in [5, 5.41) is 9.94. The maximum absolute atomic E-state index is 9.94. The summed E-state index contributed by atoms with van der Waals surface area (Å²) in [6.45, 7) is 6.34. The standard InChI is InChI=1S/C5H12O2SSi/c1-9(2,3)8-4-5(6)7/h4H2,1-3H3,(H,6,7)/p-1. The van der Waals surface area contributed by atoms with Gasteiger partial charge in [0.25, 0.3) is 0 Å². The van der Waals surface area contributed by atoms with E-state index in [1.807, 2.05) is 0 Å². The molecule has 0 saturated carbocycles. The molecule has 0 spiro atoms. The average Bonchev–Trinajstić information content (AvgIpc) is 1.59. The van der Waals surface area contributed by atoms with E-state index in [4.69, 9.17) is 0 Å². The first-order valence-electron chi connectivity index (χ1n) is 2.75. The molecule has 2 nitrogen and oxygen atoms in total. The van der Waals surface area contributed by atoms with Crippen LogP contribution in [-0.4, -0.2) is 18.9 Å². The maximum Gasteiger partial charge on any atom is 0.108 e. The summed E-state index contributed by atoms with van der Waals surface area (Å²) in [5.74, 6) is -0.808. The molecular formula is C5H11O2SSi-. The molecule has 0 bridgehead atoms. The van der Waals surface area contributed by atoms with E-state index in [9.17, 15) is 9.90 Å². The van der Waals surface area contributed by atoms with Gasteiger partial charge in [-0.05, 0) is 0 Å². The number of carboxylic acids is 1. The predicted molar refractivity (Wildman–Crippen MR) is 40.8 cm³/mol. The molecule has 0 amide bonds. The van der Waals surface area contributed by atoms with Crippen LogP contribution in [0.25, 0.3) is 0 Å². The van der Waals surface area contributed by atoms with E-state index in [2.05, 4.69) is 19.6 Å². The number of hydrogen-bond donors (Lipinski definition) is 0. The predicted octanol–water partition coefficient (Wildman–Crippen LogP) is 0.304. The molecule has 0 unspecified atom stereocenters. The quantitative estimate of drug-likeness (QED) is 0.562. The monoisotopic (exact) mass is 163 g/mol. The largest absolute Gasteiger partial charge is 0.549 e. The van der Waals surface area contributed by atoms with Gasteiger partial charge in [-0.3, -0.25) is 0 Å². The van der Waals surface area contributed by atoms with E-state index < -0.39 is 13.2 Å². The van der Waals surface area contributed by atoms with Crippen molar-refractivity contribution in [1.82, 2.24) is 0 Å². The zero-order valence-electron chi connectivity index (χ0n) is 5.93. The van der Waals surface area contributed by atoms with E-state index in [-0.39, 0.29) is 5.75 Å². The van der Waals surface area contributed by atoms with Crippen LogP contribution >= 0.6 is 11.2 Å². The lowest BCUT2D eigenvalue weighted by atomic mass is 10.8. The number of aliphatic carboxylic acids is 1. The smallest absolute Gasteiger partial charge is 0.108 e. The van der Waals surface area contributed by atoms with Gasteiger partial charge >= 0.3 is 0 Å². The molecule has 4 heteroatoms. The SMILES string of the molecule is C[Si](C)(C)SCC(=O)[O-]. The molecule has 0 aromatic carbocycles. The summed E-state index contributed by atoms with van der Waals surface area (Å²) in [4.78, 5) is 9.94. The lowest BCUT2D eigenvalue weighted by Gasteiger charge is -2.14. The molecular weight excluding hydrogens is 152 g/mol. The van der Waals surface area contributed by atoms with Gasteiger partial charge < -0.3 is 9.90 Å². The van der Waals surface area contributed by atoms with Crippen LogP contribution in [-0.2, 0) is 4.79 Å². The molecule has 0 rings (SSSR count). The van der Waals surface area contributed by atoms with Crippen molar-refractivity contribution in [1.29, 1.82) is 0 Å². The molecule has 0 aromatic heterocycles. The highest BCUT2D eigenvalue weighted by molar-refractivity contribution is 8.29. The van der Waals surface area contributed by atoms with Crippen LogP contribution in [0.4, 0.5) is 0 Å². The van der Waals surface area contributed by atoms with Gasteiger partial charge in [-0.1, -0.05) is 19.6 Å². The van der Waals surface area contributed by atoms with Crippen molar-refractivity contribution >= 4 is 24.4 Å². The Morgan fingerprint density at radius 2 is 2.00 bits per heavy atom. The van der Waals surface area contributed by atoms with Crippen molar-refractivity contribution in [3.05, 3.63) is 0 Å². The third-order valence-corrected chi connectivity index (χ3v) is 4.90. The highest BCUT2D eigenvalue weighted by Gasteiger charge is 2.12. The minimum atomic E-state index is -1.22. The molecule has 0 atom stereocenters. The summed E-state index contributed by atoms with van der Waals surface area (Å²) in [6, 6.07) is 0. The van der Waals surface area contributed by atoms with Crippen molar-refractivity contribution in [2.75, 3.05) is 5.75 Å². The highest BCUT2D eigenvalue weighted by Crippen LogP contribution is 2.17. The van der Waals surface area contributed by atoms with Crippen molar-refractivity contribution in [3.8, 4) is 0 Å². The van der Waals surface area contributed by atoms with E-state index >= 15 is 0 Å². The highest BCUT2D eigenvalue weighted by atomic mass is 32.4. The second-order valence-corrected chi connectivity index (χ2v) is 12.1. The van der Waals surface area contributed by atoms with Gasteiger partial charge in [-0.15, -0.1) is 0 Å². The number of rotatable bonds is 3. The molecule has 0 aliphatic rings. The first-order chi connectivity index (χ1) is 3.92. The Hall–Kier alpha value is 0.0369. The second kappa shape index (κ2) is 3.27. The van der Waals surface area contributed by atoms with Crippen LogP contribution in [0.15, 0.2) is 0 Å². The summed E-state index contributed by atoms with van der Waals surface area (Å²) < 4.78 is 0. The van der Waals surface area contributed by atoms with Gasteiger partial charge in [0.05, 0.1) is 5.97 Å². The van der Waals surface area contributed by atoms with Crippen LogP contribution in [0, 0.1) is 0 Å². The molecule has 0 N–H and O–H groups in total. The Morgan fingerprint density at radius 3 is 2.11 bits per heavy atom. The zero-order valence-corrected chi connectivity index (χ0v) is 7.75. The Bertz CT molecular complexity index is 108. The molecule has 9 heavy (non-hydrogen) atoms. The van der Waals surface area contributed by atoms with Crippen LogP contribution in [0.5, 0.6) is 0 Å². The summed E-state index contributed by atoms with van der Waals surface area (Å²) in [5.41, 5.74) is 0. The summed E-state index contributed by atoms with van der Waals surface area (Å²) in [6.07, 6.45) is 0. The topological polar surface area (TPSA) is 40.1 Å². The lowest BCUT2D eigenvalue weighted by molar-refractivity contribution is -0.301. The molecule has 0 fully saturated rings. The minimum absolute atomic E-state index is 0.149. The van der Waals surface area contributed by atoms with Crippen molar-refractivity contribution in [3.63, 3.8) is 0 Å². The van der Waals surface area contributed by atoms with Gasteiger partial charge in [0.15, 0.2) is 0 Å². The first kappa shape index (κ1) is 9.04. The number of carboxylic acid groups (broad SMARTS) is 1. The van der Waals surface area contributed by atoms with Crippen LogP contribution in [0.2, 0.25) is 19.6 Å². The summed E-state index contributed by atoms with van der Waals surface area (Å²) >= 11 is 1.52. The van der Waals surface area contributed by atoms with E-state index in [0.29, 0.717) is 0 Å². The molecule has 0 heterocycles. The number of carbonyl (C=O) groups is 1. The fourth-order valence-corrected chi connectivity index (χ4v) is 2.48. The van der Waals surface area contributed by atoms with Gasteiger partial charge in [0.1, 0.15) is 7.22 Å². The Labute approximate surface area is 60.3 Å². The van der Waals surface area contributed by atoms with E-state index in [1.165, 1.54) is 11.2 Å². The van der Waals surface area contributed by atoms with Gasteiger partial charge in [-0.25, -0.2) is 0 Å². The molecule has 0 aliphatic heterocycles. The molecule has 0 aliphatic carbocycles. The Kier molecular flexibility index (Phi) is 3.28. The maximum atomic E-state index is 9.94. The molecule has 0 saturated heterocycles. The number of hydrogen-bond acceptors (Lipinski definition) is 3. The zero-order chi connectivity index (χ0) is 7.49. The first-order valence-corrected chi connectivity index (χ1v) is 7.96. The van der Waals surface area contributed by atoms with Crippen LogP contribution < -0.4 is 5.11 Å². The molecule has 0 radical (unpaired) electrons. The van der Waals surface area contributed by atoms with Crippen molar-refractivity contribution in [2.24, 2.45) is 0 Å². The van der Waals surface area contributed by atoms with Crippen LogP contribution in [0.3, 0.4) is 0 Å². The fourth-order valence-electron chi connectivity index (χ4n) is 0.275. The van der Waals surface area contributed by atoms with Crippen molar-refractivity contribution < 1.29 is 9.90 Å². The fraction of sp³-hybridized carbons (Fsp3) is 0.800. The van der Waals surface area contributed by atoms with Gasteiger partial charge in [0, 0.05) is 5.75 Å². The normalized spacial score (nSPS) is 11.4. The lowest BCUT2D eigenvalue weighted by Crippen LogP contribution is -2.28. The third kappa shape index (κ3) is 8.04. The second-order valence-electron chi connectivity index (χ2n) is 2.77. The van der Waals surface area contributed by atoms with Crippen LogP contribution in [0.1, 0.15) is 0 Å². The van der Waals surface area contributed by atoms with E-state index in [1.54, 1.807) is 0 Å². The van der Waals surface area contributed by atoms with E-state index in [0.717, 1.165) is 0 Å². The van der Waals surface area contributed by atoms with Gasteiger partial charge in [-0.2, -0.15) is 11.2 Å². The number of carbonyl (C=O) groups excluding carboxylic acids is 1. The third-order valence-electron chi connectivity index (χ3n) is 0.623. The molecule has 0 aromatic rings. The van der Waals surface area contributed by atoms with Crippen molar-refractivity contribution in [2.45, 2.75) is 19.6 Å². The van der Waals surface area contributed by atoms with Gasteiger partial charge in [0.2, 0.25) is 0 Å². The molecule has 54 valence electrons. The minimum Gasteiger partial charge on any atom is -0.549 e.